The van der Waals surface area contributed by atoms with E-state index in [4.69, 9.17) is 16.3 Å². The summed E-state index contributed by atoms with van der Waals surface area (Å²) in [5.41, 5.74) is 0.278. The molecule has 92 valence electrons. The predicted molar refractivity (Wildman–Crippen MR) is 62.9 cm³/mol. The zero-order chi connectivity index (χ0) is 12.3. The van der Waals surface area contributed by atoms with Gasteiger partial charge >= 0.3 is 0 Å². The minimum Gasteiger partial charge on any atom is -0.381 e. The SMILES string of the molecule is CC(NC(=O)c1cnc(Cl)cn1)C1CCOC1. The van der Waals surface area contributed by atoms with Gasteiger partial charge in [-0.05, 0) is 13.3 Å². The molecule has 2 rings (SSSR count). The zero-order valence-electron chi connectivity index (χ0n) is 9.52. The van der Waals surface area contributed by atoms with Crippen molar-refractivity contribution in [3.8, 4) is 0 Å². The molecule has 2 heterocycles. The second kappa shape index (κ2) is 5.42. The third kappa shape index (κ3) is 3.14. The van der Waals surface area contributed by atoms with Gasteiger partial charge in [0.25, 0.3) is 5.91 Å². The fourth-order valence-corrected chi connectivity index (χ4v) is 1.87. The van der Waals surface area contributed by atoms with Gasteiger partial charge in [-0.15, -0.1) is 0 Å². The van der Waals surface area contributed by atoms with Gasteiger partial charge in [-0.25, -0.2) is 9.97 Å². The highest BCUT2D eigenvalue weighted by Gasteiger charge is 2.24. The molecule has 0 bridgehead atoms. The van der Waals surface area contributed by atoms with Gasteiger partial charge in [-0.3, -0.25) is 4.79 Å². The van der Waals surface area contributed by atoms with Crippen LogP contribution in [0, 0.1) is 5.92 Å². The van der Waals surface area contributed by atoms with Crippen LogP contribution in [-0.2, 0) is 4.74 Å². The Morgan fingerprint density at radius 2 is 2.41 bits per heavy atom. The Bertz CT molecular complexity index is 390. The number of rotatable bonds is 3. The third-order valence-corrected chi connectivity index (χ3v) is 3.08. The molecule has 1 fully saturated rings. The molecule has 6 heteroatoms. The molecule has 1 amide bonds. The number of hydrogen-bond acceptors (Lipinski definition) is 4. The van der Waals surface area contributed by atoms with E-state index in [1.54, 1.807) is 0 Å². The number of carbonyl (C=O) groups is 1. The molecule has 2 atom stereocenters. The first kappa shape index (κ1) is 12.3. The molecule has 1 N–H and O–H groups in total. The van der Waals surface area contributed by atoms with Gasteiger partial charge in [-0.1, -0.05) is 11.6 Å². The fraction of sp³-hybridized carbons (Fsp3) is 0.545. The summed E-state index contributed by atoms with van der Waals surface area (Å²) in [4.78, 5) is 19.6. The standard InChI is InChI=1S/C11H14ClN3O2/c1-7(8-2-3-17-6-8)15-11(16)9-4-14-10(12)5-13-9/h4-5,7-8H,2-3,6H2,1H3,(H,15,16). The summed E-state index contributed by atoms with van der Waals surface area (Å²) >= 11 is 5.60. The van der Waals surface area contributed by atoms with Crippen molar-refractivity contribution < 1.29 is 9.53 Å². The van der Waals surface area contributed by atoms with Crippen LogP contribution < -0.4 is 5.32 Å². The monoisotopic (exact) mass is 255 g/mol. The molecule has 1 aromatic heterocycles. The van der Waals surface area contributed by atoms with E-state index in [9.17, 15) is 4.79 Å². The first-order valence-corrected chi connectivity index (χ1v) is 5.91. The van der Waals surface area contributed by atoms with Crippen molar-refractivity contribution in [1.82, 2.24) is 15.3 Å². The minimum atomic E-state index is -0.228. The molecule has 1 aliphatic heterocycles. The first-order chi connectivity index (χ1) is 8.16. The second-order valence-corrected chi connectivity index (χ2v) is 4.50. The van der Waals surface area contributed by atoms with Gasteiger partial charge in [0, 0.05) is 18.6 Å². The molecule has 0 saturated carbocycles. The molecule has 0 spiro atoms. The van der Waals surface area contributed by atoms with Crippen LogP contribution in [0.2, 0.25) is 5.15 Å². The van der Waals surface area contributed by atoms with Crippen LogP contribution in [0.4, 0.5) is 0 Å². The Balaban J connectivity index is 1.94. The number of ether oxygens (including phenoxy) is 1. The minimum absolute atomic E-state index is 0.0717. The molecule has 0 aliphatic carbocycles. The van der Waals surface area contributed by atoms with Crippen LogP contribution in [0.25, 0.3) is 0 Å². The molecular formula is C11H14ClN3O2. The summed E-state index contributed by atoms with van der Waals surface area (Å²) in [6.45, 7) is 3.44. The molecule has 0 aromatic carbocycles. The van der Waals surface area contributed by atoms with E-state index >= 15 is 0 Å². The highest BCUT2D eigenvalue weighted by molar-refractivity contribution is 6.29. The predicted octanol–water partition coefficient (Wildman–Crippen LogP) is 1.28. The van der Waals surface area contributed by atoms with Gasteiger partial charge in [-0.2, -0.15) is 0 Å². The van der Waals surface area contributed by atoms with Crippen LogP contribution in [0.15, 0.2) is 12.4 Å². The lowest BCUT2D eigenvalue weighted by Crippen LogP contribution is -2.38. The van der Waals surface area contributed by atoms with Gasteiger partial charge in [0.05, 0.1) is 19.0 Å². The number of hydrogen-bond donors (Lipinski definition) is 1. The van der Waals surface area contributed by atoms with E-state index < -0.39 is 0 Å². The number of nitrogens with zero attached hydrogens (tertiary/aromatic N) is 2. The average Bonchev–Trinajstić information content (AvgIpc) is 2.83. The van der Waals surface area contributed by atoms with Crippen LogP contribution in [0.5, 0.6) is 0 Å². The van der Waals surface area contributed by atoms with E-state index in [0.29, 0.717) is 12.5 Å². The summed E-state index contributed by atoms with van der Waals surface area (Å²) < 4.78 is 5.28. The molecule has 2 unspecified atom stereocenters. The largest absolute Gasteiger partial charge is 0.381 e. The van der Waals surface area contributed by atoms with Crippen molar-refractivity contribution in [2.24, 2.45) is 5.92 Å². The highest BCUT2D eigenvalue weighted by Crippen LogP contribution is 2.16. The number of halogens is 1. The van der Waals surface area contributed by atoms with Crippen molar-refractivity contribution in [1.29, 1.82) is 0 Å². The van der Waals surface area contributed by atoms with Crippen molar-refractivity contribution in [2.75, 3.05) is 13.2 Å². The lowest BCUT2D eigenvalue weighted by molar-refractivity contribution is 0.0916. The summed E-state index contributed by atoms with van der Waals surface area (Å²) in [6.07, 6.45) is 3.71. The van der Waals surface area contributed by atoms with Gasteiger partial charge in [0.15, 0.2) is 0 Å². The molecule has 5 nitrogen and oxygen atoms in total. The molecule has 1 aliphatic rings. The number of carbonyl (C=O) groups excluding carboxylic acids is 1. The highest BCUT2D eigenvalue weighted by atomic mass is 35.5. The number of aromatic nitrogens is 2. The van der Waals surface area contributed by atoms with Crippen LogP contribution in [-0.4, -0.2) is 35.1 Å². The van der Waals surface area contributed by atoms with E-state index in [-0.39, 0.29) is 22.8 Å². The Hall–Kier alpha value is -1.20. The first-order valence-electron chi connectivity index (χ1n) is 5.53. The molecule has 1 saturated heterocycles. The average molecular weight is 256 g/mol. The quantitative estimate of drug-likeness (QED) is 0.884. The van der Waals surface area contributed by atoms with Crippen molar-refractivity contribution in [3.05, 3.63) is 23.2 Å². The normalized spacial score (nSPS) is 21.2. The second-order valence-electron chi connectivity index (χ2n) is 4.11. The van der Waals surface area contributed by atoms with E-state index in [2.05, 4.69) is 15.3 Å². The molecule has 0 radical (unpaired) electrons. The van der Waals surface area contributed by atoms with Crippen molar-refractivity contribution in [2.45, 2.75) is 19.4 Å². The van der Waals surface area contributed by atoms with Crippen molar-refractivity contribution >= 4 is 17.5 Å². The van der Waals surface area contributed by atoms with Crippen LogP contribution in [0.3, 0.4) is 0 Å². The topological polar surface area (TPSA) is 64.1 Å². The smallest absolute Gasteiger partial charge is 0.271 e. The summed E-state index contributed by atoms with van der Waals surface area (Å²) in [5, 5.41) is 3.17. The Morgan fingerprint density at radius 3 is 3.00 bits per heavy atom. The van der Waals surface area contributed by atoms with Crippen LogP contribution >= 0.6 is 11.6 Å². The zero-order valence-corrected chi connectivity index (χ0v) is 10.3. The summed E-state index contributed by atoms with van der Waals surface area (Å²) in [5.74, 6) is 0.146. The van der Waals surface area contributed by atoms with Crippen LogP contribution in [0.1, 0.15) is 23.8 Å². The maximum Gasteiger partial charge on any atom is 0.271 e. The Kier molecular flexibility index (Phi) is 3.91. The van der Waals surface area contributed by atoms with Gasteiger partial charge in [0.1, 0.15) is 10.8 Å². The molecule has 1 aromatic rings. The van der Waals surface area contributed by atoms with E-state index in [1.807, 2.05) is 6.92 Å². The molecule has 17 heavy (non-hydrogen) atoms. The maximum absolute atomic E-state index is 11.8. The fourth-order valence-electron chi connectivity index (χ4n) is 1.78. The number of amides is 1. The van der Waals surface area contributed by atoms with E-state index in [0.717, 1.165) is 13.0 Å². The maximum atomic E-state index is 11.8. The third-order valence-electron chi connectivity index (χ3n) is 2.88. The van der Waals surface area contributed by atoms with Gasteiger partial charge in [0.2, 0.25) is 0 Å². The number of nitrogens with one attached hydrogen (secondary N) is 1. The summed E-state index contributed by atoms with van der Waals surface area (Å²) in [6, 6.07) is 0.0717. The van der Waals surface area contributed by atoms with Gasteiger partial charge < -0.3 is 10.1 Å². The van der Waals surface area contributed by atoms with E-state index in [1.165, 1.54) is 12.4 Å². The summed E-state index contributed by atoms with van der Waals surface area (Å²) in [7, 11) is 0. The lowest BCUT2D eigenvalue weighted by atomic mass is 10.0. The lowest BCUT2D eigenvalue weighted by Gasteiger charge is -2.18. The van der Waals surface area contributed by atoms with Crippen molar-refractivity contribution in [3.63, 3.8) is 0 Å². The Labute approximate surface area is 105 Å². The molecular weight excluding hydrogens is 242 g/mol. The Morgan fingerprint density at radius 1 is 1.59 bits per heavy atom.